The zero-order valence-corrected chi connectivity index (χ0v) is 10.7. The normalized spacial score (nSPS) is 21.0. The molecule has 1 rings (SSSR count). The Bertz CT molecular complexity index is 186. The molecular weight excluding hydrogens is 202 g/mol. The lowest BCUT2D eigenvalue weighted by atomic mass is 9.84. The summed E-state index contributed by atoms with van der Waals surface area (Å²) in [6.45, 7) is 4.90. The highest BCUT2D eigenvalue weighted by molar-refractivity contribution is 4.81. The molecule has 0 aromatic rings. The Hall–Kier alpha value is -0.120. The van der Waals surface area contributed by atoms with Crippen molar-refractivity contribution < 1.29 is 10.2 Å². The van der Waals surface area contributed by atoms with Crippen molar-refractivity contribution >= 4 is 0 Å². The van der Waals surface area contributed by atoms with Gasteiger partial charge in [0.1, 0.15) is 0 Å². The van der Waals surface area contributed by atoms with Crippen molar-refractivity contribution in [2.24, 2.45) is 11.3 Å². The van der Waals surface area contributed by atoms with Crippen molar-refractivity contribution in [2.75, 3.05) is 19.8 Å². The van der Waals surface area contributed by atoms with Crippen LogP contribution in [0.3, 0.4) is 0 Å². The van der Waals surface area contributed by atoms with E-state index in [0.717, 1.165) is 5.92 Å². The smallest absolute Gasteiger partial charge is 0.0518 e. The molecule has 0 unspecified atom stereocenters. The number of aliphatic hydroxyl groups is 2. The molecule has 1 fully saturated rings. The molecule has 96 valence electrons. The molecule has 0 radical (unpaired) electrons. The van der Waals surface area contributed by atoms with E-state index in [-0.39, 0.29) is 18.6 Å². The Morgan fingerprint density at radius 3 is 2.25 bits per heavy atom. The maximum absolute atomic E-state index is 9.21. The van der Waals surface area contributed by atoms with E-state index in [9.17, 15) is 10.2 Å². The molecule has 1 aliphatic rings. The molecule has 0 aliphatic heterocycles. The molecule has 3 N–H and O–H groups in total. The van der Waals surface area contributed by atoms with Gasteiger partial charge in [0.15, 0.2) is 0 Å². The molecule has 0 saturated heterocycles. The van der Waals surface area contributed by atoms with Crippen LogP contribution in [-0.2, 0) is 0 Å². The van der Waals surface area contributed by atoms with Gasteiger partial charge in [-0.3, -0.25) is 0 Å². The molecule has 0 aromatic heterocycles. The van der Waals surface area contributed by atoms with Gasteiger partial charge in [-0.1, -0.05) is 26.2 Å². The Morgan fingerprint density at radius 2 is 1.75 bits per heavy atom. The molecule has 0 heterocycles. The first-order valence-electron chi connectivity index (χ1n) is 6.56. The fourth-order valence-electron chi connectivity index (χ4n) is 2.37. The topological polar surface area (TPSA) is 52.5 Å². The van der Waals surface area contributed by atoms with E-state index in [4.69, 9.17) is 0 Å². The van der Waals surface area contributed by atoms with Gasteiger partial charge in [0.05, 0.1) is 13.2 Å². The molecule has 3 heteroatoms. The quantitative estimate of drug-likeness (QED) is 0.647. The molecule has 0 bridgehead atoms. The Labute approximate surface area is 99.3 Å². The van der Waals surface area contributed by atoms with Gasteiger partial charge in [-0.25, -0.2) is 0 Å². The predicted octanol–water partition coefficient (Wildman–Crippen LogP) is 1.54. The van der Waals surface area contributed by atoms with Crippen LogP contribution < -0.4 is 5.32 Å². The summed E-state index contributed by atoms with van der Waals surface area (Å²) in [5.74, 6) is 0.774. The molecular formula is C13H27NO2. The maximum atomic E-state index is 9.21. The summed E-state index contributed by atoms with van der Waals surface area (Å²) >= 11 is 0. The minimum Gasteiger partial charge on any atom is -0.396 e. The van der Waals surface area contributed by atoms with E-state index in [0.29, 0.717) is 12.6 Å². The molecule has 1 aliphatic carbocycles. The lowest BCUT2D eigenvalue weighted by molar-refractivity contribution is 0.0648. The van der Waals surface area contributed by atoms with Gasteiger partial charge in [0.2, 0.25) is 0 Å². The zero-order chi connectivity index (χ0) is 12.0. The molecule has 0 aromatic carbocycles. The second-order valence-electron chi connectivity index (χ2n) is 5.69. The average molecular weight is 229 g/mol. The average Bonchev–Trinajstić information content (AvgIpc) is 2.36. The van der Waals surface area contributed by atoms with Gasteiger partial charge in [-0.05, 0) is 25.7 Å². The van der Waals surface area contributed by atoms with Crippen LogP contribution in [0.5, 0.6) is 0 Å². The minimum absolute atomic E-state index is 0.0356. The number of hydrogen-bond acceptors (Lipinski definition) is 3. The number of aliphatic hydroxyl groups excluding tert-OH is 2. The Balaban J connectivity index is 2.30. The van der Waals surface area contributed by atoms with Crippen LogP contribution in [0.4, 0.5) is 0 Å². The summed E-state index contributed by atoms with van der Waals surface area (Å²) in [5, 5.41) is 21.9. The third-order valence-corrected chi connectivity index (χ3v) is 3.97. The zero-order valence-electron chi connectivity index (χ0n) is 10.7. The molecule has 0 spiro atoms. The summed E-state index contributed by atoms with van der Waals surface area (Å²) in [4.78, 5) is 0. The van der Waals surface area contributed by atoms with Gasteiger partial charge in [0, 0.05) is 18.0 Å². The minimum atomic E-state index is -0.386. The van der Waals surface area contributed by atoms with Gasteiger partial charge < -0.3 is 15.5 Å². The van der Waals surface area contributed by atoms with Gasteiger partial charge in [0.25, 0.3) is 0 Å². The van der Waals surface area contributed by atoms with Gasteiger partial charge in [-0.2, -0.15) is 0 Å². The monoisotopic (exact) mass is 229 g/mol. The Morgan fingerprint density at radius 1 is 1.19 bits per heavy atom. The van der Waals surface area contributed by atoms with Crippen molar-refractivity contribution in [3.8, 4) is 0 Å². The van der Waals surface area contributed by atoms with Crippen LogP contribution in [0.25, 0.3) is 0 Å². The molecule has 1 atom stereocenters. The fourth-order valence-corrected chi connectivity index (χ4v) is 2.37. The van der Waals surface area contributed by atoms with E-state index in [1.54, 1.807) is 0 Å². The van der Waals surface area contributed by atoms with Crippen LogP contribution in [0.2, 0.25) is 0 Å². The van der Waals surface area contributed by atoms with Crippen LogP contribution in [-0.4, -0.2) is 36.0 Å². The van der Waals surface area contributed by atoms with Crippen LogP contribution in [0, 0.1) is 11.3 Å². The largest absolute Gasteiger partial charge is 0.396 e. The van der Waals surface area contributed by atoms with Crippen LogP contribution in [0.15, 0.2) is 0 Å². The van der Waals surface area contributed by atoms with Crippen molar-refractivity contribution in [3.63, 3.8) is 0 Å². The molecule has 3 nitrogen and oxygen atoms in total. The van der Waals surface area contributed by atoms with E-state index in [1.807, 2.05) is 6.92 Å². The first-order valence-corrected chi connectivity index (χ1v) is 6.56. The van der Waals surface area contributed by atoms with Gasteiger partial charge >= 0.3 is 0 Å². The predicted molar refractivity (Wildman–Crippen MR) is 66.3 cm³/mol. The van der Waals surface area contributed by atoms with E-state index >= 15 is 0 Å². The van der Waals surface area contributed by atoms with Crippen LogP contribution in [0.1, 0.15) is 46.0 Å². The number of hydrogen-bond donors (Lipinski definition) is 3. The number of rotatable bonds is 6. The first-order chi connectivity index (χ1) is 7.61. The third-order valence-electron chi connectivity index (χ3n) is 3.97. The third kappa shape index (κ3) is 4.04. The summed E-state index contributed by atoms with van der Waals surface area (Å²) in [5.41, 5.74) is -0.386. The molecule has 16 heavy (non-hydrogen) atoms. The number of nitrogens with one attached hydrogen (secondary N) is 1. The van der Waals surface area contributed by atoms with Crippen molar-refractivity contribution in [2.45, 2.75) is 52.0 Å². The highest BCUT2D eigenvalue weighted by Gasteiger charge is 2.25. The van der Waals surface area contributed by atoms with E-state index in [2.05, 4.69) is 12.2 Å². The standard InChI is InChI=1S/C13H27NO2/c1-11(12-6-4-3-5-7-12)14-8-13(2,9-15)10-16/h11-12,14-16H,3-10H2,1-2H3/t11-/m0/s1. The lowest BCUT2D eigenvalue weighted by Gasteiger charge is -2.32. The molecule has 1 saturated carbocycles. The highest BCUT2D eigenvalue weighted by Crippen LogP contribution is 2.26. The summed E-state index contributed by atoms with van der Waals surface area (Å²) in [6, 6.07) is 0.498. The summed E-state index contributed by atoms with van der Waals surface area (Å²) in [7, 11) is 0. The maximum Gasteiger partial charge on any atom is 0.0518 e. The van der Waals surface area contributed by atoms with Gasteiger partial charge in [-0.15, -0.1) is 0 Å². The second-order valence-corrected chi connectivity index (χ2v) is 5.69. The fraction of sp³-hybridized carbons (Fsp3) is 1.00. The van der Waals surface area contributed by atoms with Crippen molar-refractivity contribution in [3.05, 3.63) is 0 Å². The SMILES string of the molecule is C[C@H](NCC(C)(CO)CO)C1CCCCC1. The van der Waals surface area contributed by atoms with E-state index < -0.39 is 0 Å². The molecule has 0 amide bonds. The van der Waals surface area contributed by atoms with Crippen molar-refractivity contribution in [1.29, 1.82) is 0 Å². The summed E-state index contributed by atoms with van der Waals surface area (Å²) in [6.07, 6.45) is 6.74. The lowest BCUT2D eigenvalue weighted by Crippen LogP contribution is -2.44. The Kier molecular flexibility index (Phi) is 5.73. The highest BCUT2D eigenvalue weighted by atomic mass is 16.3. The summed E-state index contributed by atoms with van der Waals surface area (Å²) < 4.78 is 0. The van der Waals surface area contributed by atoms with Crippen LogP contribution >= 0.6 is 0 Å². The van der Waals surface area contributed by atoms with Crippen molar-refractivity contribution in [1.82, 2.24) is 5.32 Å². The second kappa shape index (κ2) is 6.58. The first kappa shape index (κ1) is 13.9. The van der Waals surface area contributed by atoms with E-state index in [1.165, 1.54) is 32.1 Å².